The molecule has 0 radical (unpaired) electrons. The van der Waals surface area contributed by atoms with Gasteiger partial charge in [0, 0.05) is 17.0 Å². The van der Waals surface area contributed by atoms with E-state index in [4.69, 9.17) is 0 Å². The second kappa shape index (κ2) is 8.60. The Balaban J connectivity index is 0.00000117. The third-order valence-corrected chi connectivity index (χ3v) is 5.84. The molecule has 1 atom stereocenters. The lowest BCUT2D eigenvalue weighted by atomic mass is 10.0. The molecule has 3 heterocycles. The third-order valence-electron chi connectivity index (χ3n) is 4.66. The Morgan fingerprint density at radius 3 is 2.65 bits per heavy atom. The molecule has 3 rings (SSSR count). The average Bonchev–Trinajstić information content (AvgIpc) is 3.12. The number of nitrogens with zero attached hydrogens (tertiary/aromatic N) is 4. The molecule has 140 valence electrons. The van der Waals surface area contributed by atoms with Gasteiger partial charge in [0.1, 0.15) is 10.8 Å². The van der Waals surface area contributed by atoms with Gasteiger partial charge in [-0.1, -0.05) is 50.8 Å². The molecule has 0 aromatic carbocycles. The zero-order valence-corrected chi connectivity index (χ0v) is 17.7. The van der Waals surface area contributed by atoms with Crippen molar-refractivity contribution in [2.75, 3.05) is 7.05 Å². The van der Waals surface area contributed by atoms with Crippen molar-refractivity contribution in [3.05, 3.63) is 64.6 Å². The summed E-state index contributed by atoms with van der Waals surface area (Å²) < 4.78 is 2.23. The van der Waals surface area contributed by atoms with Gasteiger partial charge in [-0.2, -0.15) is 0 Å². The van der Waals surface area contributed by atoms with Gasteiger partial charge in [-0.05, 0) is 39.8 Å². The zero-order chi connectivity index (χ0) is 19.4. The fourth-order valence-corrected chi connectivity index (χ4v) is 4.39. The van der Waals surface area contributed by atoms with Crippen molar-refractivity contribution in [3.63, 3.8) is 0 Å². The van der Waals surface area contributed by atoms with E-state index in [-0.39, 0.29) is 6.04 Å². The van der Waals surface area contributed by atoms with Crippen LogP contribution in [0.5, 0.6) is 0 Å². The van der Waals surface area contributed by atoms with E-state index < -0.39 is 0 Å². The molecule has 1 aliphatic rings. The van der Waals surface area contributed by atoms with Crippen LogP contribution in [0.15, 0.2) is 37.0 Å². The van der Waals surface area contributed by atoms with Crippen LogP contribution >= 0.6 is 11.3 Å². The van der Waals surface area contributed by atoms with Crippen molar-refractivity contribution in [1.29, 1.82) is 0 Å². The highest BCUT2D eigenvalue weighted by atomic mass is 32.1. The molecule has 0 bridgehead atoms. The van der Waals surface area contributed by atoms with Gasteiger partial charge in [0.15, 0.2) is 5.82 Å². The Labute approximate surface area is 161 Å². The number of allylic oxidation sites excluding steroid dienone is 4. The Bertz CT molecular complexity index is 825. The number of aryl methyl sites for hydroxylation is 2. The molecule has 26 heavy (non-hydrogen) atoms. The molecular weight excluding hydrogens is 340 g/mol. The van der Waals surface area contributed by atoms with Crippen molar-refractivity contribution in [1.82, 2.24) is 19.7 Å². The topological polar surface area (TPSA) is 34.0 Å². The summed E-state index contributed by atoms with van der Waals surface area (Å²) in [6.07, 6.45) is 6.63. The quantitative estimate of drug-likeness (QED) is 0.683. The monoisotopic (exact) mass is 370 g/mol. The van der Waals surface area contributed by atoms with Crippen LogP contribution in [0.3, 0.4) is 0 Å². The minimum atomic E-state index is 0.239. The summed E-state index contributed by atoms with van der Waals surface area (Å²) in [7, 11) is 2.15. The first-order valence-corrected chi connectivity index (χ1v) is 9.96. The van der Waals surface area contributed by atoms with E-state index in [2.05, 4.69) is 53.7 Å². The lowest BCUT2D eigenvalue weighted by molar-refractivity contribution is 0.247. The summed E-state index contributed by atoms with van der Waals surface area (Å²) in [5.74, 6) is 1.97. The minimum Gasteiger partial charge on any atom is -0.292 e. The second-order valence-corrected chi connectivity index (χ2v) is 7.59. The molecule has 1 aliphatic heterocycles. The van der Waals surface area contributed by atoms with Gasteiger partial charge in [-0.3, -0.25) is 9.47 Å². The lowest BCUT2D eigenvalue weighted by Gasteiger charge is -2.21. The van der Waals surface area contributed by atoms with E-state index in [1.807, 2.05) is 44.3 Å². The van der Waals surface area contributed by atoms with Crippen molar-refractivity contribution in [3.8, 4) is 5.00 Å². The van der Waals surface area contributed by atoms with Crippen molar-refractivity contribution in [2.24, 2.45) is 0 Å². The van der Waals surface area contributed by atoms with Crippen molar-refractivity contribution >= 4 is 11.3 Å². The van der Waals surface area contributed by atoms with Crippen LogP contribution in [0.4, 0.5) is 0 Å². The van der Waals surface area contributed by atoms with Crippen molar-refractivity contribution in [2.45, 2.75) is 53.6 Å². The van der Waals surface area contributed by atoms with E-state index >= 15 is 0 Å². The maximum Gasteiger partial charge on any atom is 0.155 e. The predicted octanol–water partition coefficient (Wildman–Crippen LogP) is 5.32. The Morgan fingerprint density at radius 1 is 1.31 bits per heavy atom. The molecule has 5 heteroatoms. The van der Waals surface area contributed by atoms with Crippen LogP contribution in [0.1, 0.15) is 54.5 Å². The minimum absolute atomic E-state index is 0.239. The van der Waals surface area contributed by atoms with E-state index in [0.29, 0.717) is 0 Å². The molecule has 4 nitrogen and oxygen atoms in total. The number of fused-ring (bicyclic) bond motifs is 3. The van der Waals surface area contributed by atoms with Crippen molar-refractivity contribution < 1.29 is 0 Å². The SMILES string of the molecule is C=C/C=C\C(=C)Cc1c(C)sc2c1CN(C)C(C)c1nnc(C)n1-2.CC. The third kappa shape index (κ3) is 3.74. The summed E-state index contributed by atoms with van der Waals surface area (Å²) in [6, 6.07) is 0.239. The first-order valence-electron chi connectivity index (χ1n) is 9.14. The molecule has 2 aromatic heterocycles. The highest BCUT2D eigenvalue weighted by Crippen LogP contribution is 2.39. The largest absolute Gasteiger partial charge is 0.292 e. The molecular formula is C21H30N4S. The highest BCUT2D eigenvalue weighted by molar-refractivity contribution is 7.14. The van der Waals surface area contributed by atoms with Gasteiger partial charge in [0.05, 0.1) is 6.04 Å². The van der Waals surface area contributed by atoms with Crippen LogP contribution < -0.4 is 0 Å². The molecule has 0 saturated heterocycles. The summed E-state index contributed by atoms with van der Waals surface area (Å²) in [5, 5.41) is 10.0. The van der Waals surface area contributed by atoms with Crippen LogP contribution in [-0.2, 0) is 13.0 Å². The smallest absolute Gasteiger partial charge is 0.155 e. The van der Waals surface area contributed by atoms with Crippen LogP contribution in [-0.4, -0.2) is 26.7 Å². The van der Waals surface area contributed by atoms with Crippen LogP contribution in [0.25, 0.3) is 5.00 Å². The fraction of sp³-hybridized carbons (Fsp3) is 0.429. The molecule has 0 N–H and O–H groups in total. The first-order chi connectivity index (χ1) is 12.4. The lowest BCUT2D eigenvalue weighted by Crippen LogP contribution is -2.22. The van der Waals surface area contributed by atoms with Crippen LogP contribution in [0, 0.1) is 13.8 Å². The maximum absolute atomic E-state index is 4.43. The summed E-state index contributed by atoms with van der Waals surface area (Å²) in [5.41, 5.74) is 3.86. The predicted molar refractivity (Wildman–Crippen MR) is 112 cm³/mol. The molecule has 0 fully saturated rings. The second-order valence-electron chi connectivity index (χ2n) is 6.38. The Morgan fingerprint density at radius 2 is 2.00 bits per heavy atom. The fourth-order valence-electron chi connectivity index (χ4n) is 3.16. The first kappa shape index (κ1) is 20.3. The molecule has 2 aromatic rings. The Hall–Kier alpha value is -1.98. The maximum atomic E-state index is 4.43. The van der Waals surface area contributed by atoms with E-state index in [1.165, 1.54) is 21.0 Å². The molecule has 0 spiro atoms. The average molecular weight is 371 g/mol. The summed E-state index contributed by atoms with van der Waals surface area (Å²) in [4.78, 5) is 3.68. The van der Waals surface area contributed by atoms with E-state index in [1.54, 1.807) is 6.08 Å². The standard InChI is InChI=1S/C19H24N4S.C2H6/c1-7-8-9-12(2)10-16-14(4)24-19-17(16)11-22(6)13(3)18-21-20-15(5)23(18)19;1-2/h7-9,13H,1-2,10-11H2,3-6H3;1-2H3/b9-8-;. The molecule has 0 saturated carbocycles. The van der Waals surface area contributed by atoms with E-state index in [0.717, 1.165) is 30.2 Å². The molecule has 1 unspecified atom stereocenters. The summed E-state index contributed by atoms with van der Waals surface area (Å²) in [6.45, 7) is 19.2. The zero-order valence-electron chi connectivity index (χ0n) is 16.8. The van der Waals surface area contributed by atoms with E-state index in [9.17, 15) is 0 Å². The normalized spacial score (nSPS) is 16.5. The molecule has 0 amide bonds. The van der Waals surface area contributed by atoms with Gasteiger partial charge < -0.3 is 0 Å². The number of rotatable bonds is 4. The van der Waals surface area contributed by atoms with Gasteiger partial charge in [0.25, 0.3) is 0 Å². The number of aromatic nitrogens is 3. The van der Waals surface area contributed by atoms with Gasteiger partial charge in [-0.15, -0.1) is 21.5 Å². The number of hydrogen-bond donors (Lipinski definition) is 0. The number of hydrogen-bond acceptors (Lipinski definition) is 4. The van der Waals surface area contributed by atoms with Gasteiger partial charge in [-0.25, -0.2) is 0 Å². The molecule has 0 aliphatic carbocycles. The Kier molecular flexibility index (Phi) is 6.73. The highest BCUT2D eigenvalue weighted by Gasteiger charge is 2.30. The van der Waals surface area contributed by atoms with Crippen LogP contribution in [0.2, 0.25) is 0 Å². The summed E-state index contributed by atoms with van der Waals surface area (Å²) >= 11 is 1.83. The number of thiophene rings is 1. The van der Waals surface area contributed by atoms with Gasteiger partial charge >= 0.3 is 0 Å². The van der Waals surface area contributed by atoms with Gasteiger partial charge in [0.2, 0.25) is 0 Å².